The van der Waals surface area contributed by atoms with Crippen LogP contribution in [0.3, 0.4) is 0 Å². The molecule has 1 N–H and O–H groups in total. The zero-order valence-corrected chi connectivity index (χ0v) is 11.4. The van der Waals surface area contributed by atoms with E-state index in [1.165, 1.54) is 43.6 Å². The molecular formula is C13H27NS. The summed E-state index contributed by atoms with van der Waals surface area (Å²) in [5.41, 5.74) is 0. The number of rotatable bonds is 6. The van der Waals surface area contributed by atoms with Gasteiger partial charge in [0.25, 0.3) is 0 Å². The Labute approximate surface area is 99.8 Å². The third-order valence-corrected chi connectivity index (χ3v) is 4.70. The van der Waals surface area contributed by atoms with Crippen LogP contribution >= 0.6 is 11.8 Å². The summed E-state index contributed by atoms with van der Waals surface area (Å²) in [5, 5.41) is 3.87. The van der Waals surface area contributed by atoms with Crippen molar-refractivity contribution in [1.29, 1.82) is 0 Å². The van der Waals surface area contributed by atoms with Gasteiger partial charge in [-0.25, -0.2) is 0 Å². The van der Waals surface area contributed by atoms with Gasteiger partial charge in [-0.15, -0.1) is 0 Å². The van der Waals surface area contributed by atoms with Crippen LogP contribution in [-0.2, 0) is 0 Å². The van der Waals surface area contributed by atoms with Gasteiger partial charge in [-0.2, -0.15) is 11.8 Å². The van der Waals surface area contributed by atoms with E-state index in [0.29, 0.717) is 0 Å². The molecule has 1 heterocycles. The van der Waals surface area contributed by atoms with Crippen LogP contribution in [-0.4, -0.2) is 23.6 Å². The van der Waals surface area contributed by atoms with E-state index in [4.69, 9.17) is 0 Å². The maximum Gasteiger partial charge on any atom is 0.0161 e. The Kier molecular flexibility index (Phi) is 6.74. The van der Waals surface area contributed by atoms with Crippen LogP contribution in [0.15, 0.2) is 0 Å². The van der Waals surface area contributed by atoms with Crippen LogP contribution in [0, 0.1) is 5.92 Å². The van der Waals surface area contributed by atoms with Gasteiger partial charge in [0, 0.05) is 17.8 Å². The molecule has 2 heteroatoms. The lowest BCUT2D eigenvalue weighted by Gasteiger charge is -2.31. The lowest BCUT2D eigenvalue weighted by Crippen LogP contribution is -2.44. The van der Waals surface area contributed by atoms with Crippen LogP contribution < -0.4 is 5.32 Å². The molecule has 90 valence electrons. The SMILES string of the molecule is CCCC(C)C(CC)NC1CCCSC1. The van der Waals surface area contributed by atoms with Crippen molar-refractivity contribution in [2.75, 3.05) is 11.5 Å². The van der Waals surface area contributed by atoms with Crippen LogP contribution in [0.4, 0.5) is 0 Å². The molecule has 15 heavy (non-hydrogen) atoms. The first-order valence-corrected chi connectivity index (χ1v) is 7.77. The van der Waals surface area contributed by atoms with E-state index in [1.54, 1.807) is 0 Å². The Hall–Kier alpha value is 0.310. The Balaban J connectivity index is 2.30. The van der Waals surface area contributed by atoms with Gasteiger partial charge in [-0.05, 0) is 37.4 Å². The summed E-state index contributed by atoms with van der Waals surface area (Å²) in [7, 11) is 0. The summed E-state index contributed by atoms with van der Waals surface area (Å²) in [6.07, 6.45) is 6.76. The highest BCUT2D eigenvalue weighted by atomic mass is 32.2. The molecule has 3 atom stereocenters. The number of thioether (sulfide) groups is 1. The molecule has 0 saturated carbocycles. The van der Waals surface area contributed by atoms with Crippen molar-refractivity contribution in [3.63, 3.8) is 0 Å². The maximum atomic E-state index is 3.87. The lowest BCUT2D eigenvalue weighted by atomic mass is 9.94. The number of hydrogen-bond acceptors (Lipinski definition) is 2. The van der Waals surface area contributed by atoms with E-state index in [2.05, 4.69) is 37.8 Å². The molecule has 0 aliphatic carbocycles. The fraction of sp³-hybridized carbons (Fsp3) is 1.00. The zero-order valence-electron chi connectivity index (χ0n) is 10.6. The average molecular weight is 229 g/mol. The molecular weight excluding hydrogens is 202 g/mol. The van der Waals surface area contributed by atoms with Gasteiger partial charge in [0.1, 0.15) is 0 Å². The van der Waals surface area contributed by atoms with Crippen LogP contribution in [0.1, 0.15) is 52.9 Å². The van der Waals surface area contributed by atoms with Crippen molar-refractivity contribution in [2.24, 2.45) is 5.92 Å². The maximum absolute atomic E-state index is 3.87. The second-order valence-electron chi connectivity index (χ2n) is 4.86. The first kappa shape index (κ1) is 13.4. The summed E-state index contributed by atoms with van der Waals surface area (Å²) >= 11 is 2.12. The highest BCUT2D eigenvalue weighted by Crippen LogP contribution is 2.20. The van der Waals surface area contributed by atoms with Crippen molar-refractivity contribution in [3.8, 4) is 0 Å². The molecule has 0 amide bonds. The van der Waals surface area contributed by atoms with Crippen molar-refractivity contribution in [3.05, 3.63) is 0 Å². The molecule has 1 aliphatic rings. The molecule has 0 bridgehead atoms. The second kappa shape index (κ2) is 7.56. The van der Waals surface area contributed by atoms with E-state index in [0.717, 1.165) is 18.0 Å². The Bertz CT molecular complexity index is 155. The molecule has 1 aliphatic heterocycles. The standard InChI is InChI=1S/C13H27NS/c1-4-7-11(3)13(5-2)14-12-8-6-9-15-10-12/h11-14H,4-10H2,1-3H3. The van der Waals surface area contributed by atoms with Crippen molar-refractivity contribution < 1.29 is 0 Å². The minimum Gasteiger partial charge on any atom is -0.310 e. The predicted molar refractivity (Wildman–Crippen MR) is 71.6 cm³/mol. The van der Waals surface area contributed by atoms with Gasteiger partial charge in [-0.3, -0.25) is 0 Å². The minimum atomic E-state index is 0.744. The van der Waals surface area contributed by atoms with Gasteiger partial charge in [0.05, 0.1) is 0 Å². The van der Waals surface area contributed by atoms with E-state index >= 15 is 0 Å². The fourth-order valence-electron chi connectivity index (χ4n) is 2.52. The summed E-state index contributed by atoms with van der Waals surface area (Å²) < 4.78 is 0. The molecule has 0 radical (unpaired) electrons. The number of hydrogen-bond donors (Lipinski definition) is 1. The highest BCUT2D eigenvalue weighted by molar-refractivity contribution is 7.99. The quantitative estimate of drug-likeness (QED) is 0.745. The highest BCUT2D eigenvalue weighted by Gasteiger charge is 2.20. The first-order chi connectivity index (χ1) is 7.27. The number of nitrogens with one attached hydrogen (secondary N) is 1. The molecule has 0 aromatic heterocycles. The van der Waals surface area contributed by atoms with Crippen LogP contribution in [0.5, 0.6) is 0 Å². The molecule has 1 fully saturated rings. The van der Waals surface area contributed by atoms with Crippen molar-refractivity contribution in [1.82, 2.24) is 5.32 Å². The zero-order chi connectivity index (χ0) is 11.1. The second-order valence-corrected chi connectivity index (χ2v) is 6.01. The predicted octanol–water partition coefficient (Wildman–Crippen LogP) is 3.69. The summed E-state index contributed by atoms with van der Waals surface area (Å²) in [5.74, 6) is 3.54. The van der Waals surface area contributed by atoms with Gasteiger partial charge >= 0.3 is 0 Å². The van der Waals surface area contributed by atoms with Gasteiger partial charge in [0.15, 0.2) is 0 Å². The lowest BCUT2D eigenvalue weighted by molar-refractivity contribution is 0.311. The van der Waals surface area contributed by atoms with Crippen LogP contribution in [0.2, 0.25) is 0 Å². The van der Waals surface area contributed by atoms with Crippen molar-refractivity contribution >= 4 is 11.8 Å². The Morgan fingerprint density at radius 1 is 1.40 bits per heavy atom. The van der Waals surface area contributed by atoms with Crippen LogP contribution in [0.25, 0.3) is 0 Å². The van der Waals surface area contributed by atoms with Gasteiger partial charge < -0.3 is 5.32 Å². The topological polar surface area (TPSA) is 12.0 Å². The summed E-state index contributed by atoms with van der Waals surface area (Å²) in [6, 6.07) is 1.53. The molecule has 0 spiro atoms. The van der Waals surface area contributed by atoms with Crippen molar-refractivity contribution in [2.45, 2.75) is 65.0 Å². The minimum absolute atomic E-state index is 0.744. The first-order valence-electron chi connectivity index (χ1n) is 6.61. The average Bonchev–Trinajstić information content (AvgIpc) is 2.27. The van der Waals surface area contributed by atoms with E-state index < -0.39 is 0 Å². The van der Waals surface area contributed by atoms with E-state index in [-0.39, 0.29) is 0 Å². The van der Waals surface area contributed by atoms with Gasteiger partial charge in [0.2, 0.25) is 0 Å². The molecule has 1 saturated heterocycles. The molecule has 1 nitrogen and oxygen atoms in total. The molecule has 0 aromatic rings. The summed E-state index contributed by atoms with van der Waals surface area (Å²) in [6.45, 7) is 7.01. The largest absolute Gasteiger partial charge is 0.310 e. The molecule has 1 rings (SSSR count). The third-order valence-electron chi connectivity index (χ3n) is 3.48. The monoisotopic (exact) mass is 229 g/mol. The Morgan fingerprint density at radius 3 is 2.73 bits per heavy atom. The van der Waals surface area contributed by atoms with E-state index in [9.17, 15) is 0 Å². The fourth-order valence-corrected chi connectivity index (χ4v) is 3.60. The van der Waals surface area contributed by atoms with Gasteiger partial charge in [-0.1, -0.05) is 27.2 Å². The van der Waals surface area contributed by atoms with E-state index in [1.807, 2.05) is 0 Å². The normalized spacial score (nSPS) is 26.2. The Morgan fingerprint density at radius 2 is 2.20 bits per heavy atom. The summed E-state index contributed by atoms with van der Waals surface area (Å²) in [4.78, 5) is 0. The third kappa shape index (κ3) is 4.78. The molecule has 3 unspecified atom stereocenters. The smallest absolute Gasteiger partial charge is 0.0161 e. The molecule has 0 aromatic carbocycles.